The van der Waals surface area contributed by atoms with Gasteiger partial charge in [0.1, 0.15) is 6.10 Å². The van der Waals surface area contributed by atoms with Gasteiger partial charge in [-0.3, -0.25) is 4.79 Å². The zero-order valence-corrected chi connectivity index (χ0v) is 9.47. The Kier molecular flexibility index (Phi) is 4.91. The van der Waals surface area contributed by atoms with Crippen molar-refractivity contribution in [3.8, 4) is 0 Å². The summed E-state index contributed by atoms with van der Waals surface area (Å²) in [7, 11) is 1.59. The van der Waals surface area contributed by atoms with E-state index in [1.807, 2.05) is 6.92 Å². The number of carboxylic acids is 1. The van der Waals surface area contributed by atoms with E-state index in [0.29, 0.717) is 11.7 Å². The number of aryl methyl sites for hydroxylation is 1. The number of hydrogen-bond acceptors (Lipinski definition) is 5. The first kappa shape index (κ1) is 12.6. The van der Waals surface area contributed by atoms with Crippen molar-refractivity contribution in [2.24, 2.45) is 0 Å². The number of carbonyl (C=O) groups is 1. The lowest BCUT2D eigenvalue weighted by molar-refractivity contribution is -0.137. The van der Waals surface area contributed by atoms with E-state index in [9.17, 15) is 4.79 Å². The van der Waals surface area contributed by atoms with Crippen molar-refractivity contribution in [2.75, 3.05) is 7.11 Å². The SMILES string of the molecule is CCCC(OC)c1noc(CCC(=O)O)n1. The summed E-state index contributed by atoms with van der Waals surface area (Å²) >= 11 is 0. The maximum absolute atomic E-state index is 10.4. The van der Waals surface area contributed by atoms with Crippen LogP contribution in [0.25, 0.3) is 0 Å². The first-order chi connectivity index (χ1) is 7.67. The lowest BCUT2D eigenvalue weighted by Gasteiger charge is -2.08. The summed E-state index contributed by atoms with van der Waals surface area (Å²) in [6.45, 7) is 2.04. The van der Waals surface area contributed by atoms with Crippen LogP contribution in [0.3, 0.4) is 0 Å². The number of nitrogens with zero attached hydrogens (tertiary/aromatic N) is 2. The van der Waals surface area contributed by atoms with Crippen LogP contribution < -0.4 is 0 Å². The van der Waals surface area contributed by atoms with Gasteiger partial charge >= 0.3 is 5.97 Å². The third kappa shape index (κ3) is 3.62. The largest absolute Gasteiger partial charge is 0.481 e. The quantitative estimate of drug-likeness (QED) is 0.762. The fourth-order valence-electron chi connectivity index (χ4n) is 1.33. The predicted molar refractivity (Wildman–Crippen MR) is 54.9 cm³/mol. The summed E-state index contributed by atoms with van der Waals surface area (Å²) in [4.78, 5) is 14.5. The van der Waals surface area contributed by atoms with Gasteiger partial charge in [0, 0.05) is 13.5 Å². The minimum atomic E-state index is -0.878. The Labute approximate surface area is 93.6 Å². The van der Waals surface area contributed by atoms with Crippen molar-refractivity contribution in [1.82, 2.24) is 10.1 Å². The number of rotatable bonds is 7. The number of carboxylic acid groups (broad SMARTS) is 1. The number of hydrogen-bond donors (Lipinski definition) is 1. The number of aromatic nitrogens is 2. The maximum Gasteiger partial charge on any atom is 0.303 e. The Morgan fingerprint density at radius 2 is 2.38 bits per heavy atom. The third-order valence-corrected chi connectivity index (χ3v) is 2.16. The van der Waals surface area contributed by atoms with Crippen LogP contribution in [0.15, 0.2) is 4.52 Å². The van der Waals surface area contributed by atoms with Crippen LogP contribution in [0, 0.1) is 0 Å². The zero-order chi connectivity index (χ0) is 12.0. The smallest absolute Gasteiger partial charge is 0.303 e. The normalized spacial score (nSPS) is 12.6. The number of ether oxygens (including phenoxy) is 1. The van der Waals surface area contributed by atoms with Crippen molar-refractivity contribution < 1.29 is 19.2 Å². The molecule has 0 aliphatic heterocycles. The molecule has 0 aromatic carbocycles. The second-order valence-electron chi connectivity index (χ2n) is 3.45. The number of aliphatic carboxylic acids is 1. The standard InChI is InChI=1S/C10H16N2O4/c1-3-4-7(15-2)10-11-8(16-12-10)5-6-9(13)14/h7H,3-6H2,1-2H3,(H,13,14). The van der Waals surface area contributed by atoms with E-state index >= 15 is 0 Å². The highest BCUT2D eigenvalue weighted by molar-refractivity contribution is 5.66. The topological polar surface area (TPSA) is 85.5 Å². The van der Waals surface area contributed by atoms with Gasteiger partial charge in [-0.25, -0.2) is 0 Å². The fourth-order valence-corrected chi connectivity index (χ4v) is 1.33. The molecule has 1 atom stereocenters. The second kappa shape index (κ2) is 6.22. The molecule has 0 aliphatic carbocycles. The van der Waals surface area contributed by atoms with Gasteiger partial charge in [-0.2, -0.15) is 4.98 Å². The summed E-state index contributed by atoms with van der Waals surface area (Å²) in [6, 6.07) is 0. The van der Waals surface area contributed by atoms with Gasteiger partial charge in [0.2, 0.25) is 11.7 Å². The summed E-state index contributed by atoms with van der Waals surface area (Å²) in [6.07, 6.45) is 1.84. The van der Waals surface area contributed by atoms with E-state index < -0.39 is 5.97 Å². The van der Waals surface area contributed by atoms with Crippen LogP contribution in [-0.4, -0.2) is 28.3 Å². The Morgan fingerprint density at radius 1 is 1.62 bits per heavy atom. The summed E-state index contributed by atoms with van der Waals surface area (Å²) < 4.78 is 10.2. The van der Waals surface area contributed by atoms with Crippen molar-refractivity contribution in [3.05, 3.63) is 11.7 Å². The first-order valence-electron chi connectivity index (χ1n) is 5.24. The van der Waals surface area contributed by atoms with E-state index in [1.165, 1.54) is 0 Å². The van der Waals surface area contributed by atoms with Gasteiger partial charge in [0.25, 0.3) is 0 Å². The molecule has 16 heavy (non-hydrogen) atoms. The van der Waals surface area contributed by atoms with Crippen LogP contribution in [-0.2, 0) is 16.0 Å². The van der Waals surface area contributed by atoms with Gasteiger partial charge in [0.05, 0.1) is 6.42 Å². The van der Waals surface area contributed by atoms with Gasteiger partial charge in [-0.05, 0) is 6.42 Å². The van der Waals surface area contributed by atoms with Gasteiger partial charge in [-0.1, -0.05) is 18.5 Å². The average molecular weight is 228 g/mol. The van der Waals surface area contributed by atoms with Gasteiger partial charge < -0.3 is 14.4 Å². The molecule has 0 spiro atoms. The zero-order valence-electron chi connectivity index (χ0n) is 9.47. The monoisotopic (exact) mass is 228 g/mol. The molecule has 1 N–H and O–H groups in total. The van der Waals surface area contributed by atoms with Gasteiger partial charge in [0.15, 0.2) is 0 Å². The second-order valence-corrected chi connectivity index (χ2v) is 3.45. The van der Waals surface area contributed by atoms with E-state index in [-0.39, 0.29) is 18.9 Å². The molecule has 0 aliphatic rings. The highest BCUT2D eigenvalue weighted by Crippen LogP contribution is 2.19. The average Bonchev–Trinajstić information content (AvgIpc) is 2.71. The van der Waals surface area contributed by atoms with E-state index in [2.05, 4.69) is 10.1 Å². The van der Waals surface area contributed by atoms with Gasteiger partial charge in [-0.15, -0.1) is 0 Å². The van der Waals surface area contributed by atoms with E-state index in [4.69, 9.17) is 14.4 Å². The Bertz CT molecular complexity index is 337. The van der Waals surface area contributed by atoms with E-state index in [1.54, 1.807) is 7.11 Å². The van der Waals surface area contributed by atoms with Crippen LogP contribution in [0.5, 0.6) is 0 Å². The highest BCUT2D eigenvalue weighted by atomic mass is 16.5. The molecule has 1 heterocycles. The molecular weight excluding hydrogens is 212 g/mol. The number of methoxy groups -OCH3 is 1. The molecule has 1 aromatic rings. The molecule has 1 rings (SSSR count). The lowest BCUT2D eigenvalue weighted by Crippen LogP contribution is -2.03. The molecule has 6 heteroatoms. The van der Waals surface area contributed by atoms with Crippen LogP contribution in [0.1, 0.15) is 44.0 Å². The van der Waals surface area contributed by atoms with Crippen molar-refractivity contribution >= 4 is 5.97 Å². The minimum Gasteiger partial charge on any atom is -0.481 e. The molecule has 0 fully saturated rings. The third-order valence-electron chi connectivity index (χ3n) is 2.16. The maximum atomic E-state index is 10.4. The fraction of sp³-hybridized carbons (Fsp3) is 0.700. The Balaban J connectivity index is 2.58. The molecule has 0 saturated carbocycles. The highest BCUT2D eigenvalue weighted by Gasteiger charge is 2.17. The van der Waals surface area contributed by atoms with Crippen LogP contribution in [0.4, 0.5) is 0 Å². The first-order valence-corrected chi connectivity index (χ1v) is 5.24. The molecule has 90 valence electrons. The predicted octanol–water partition coefficient (Wildman–Crippen LogP) is 1.57. The van der Waals surface area contributed by atoms with Crippen molar-refractivity contribution in [3.63, 3.8) is 0 Å². The van der Waals surface area contributed by atoms with E-state index in [0.717, 1.165) is 12.8 Å². The Morgan fingerprint density at radius 3 is 2.94 bits per heavy atom. The molecule has 1 aromatic heterocycles. The molecule has 6 nitrogen and oxygen atoms in total. The molecular formula is C10H16N2O4. The van der Waals surface area contributed by atoms with Crippen LogP contribution >= 0.6 is 0 Å². The summed E-state index contributed by atoms with van der Waals surface area (Å²) in [5.74, 6) is -0.0445. The summed E-state index contributed by atoms with van der Waals surface area (Å²) in [5, 5.41) is 12.3. The van der Waals surface area contributed by atoms with Crippen molar-refractivity contribution in [2.45, 2.75) is 38.7 Å². The molecule has 0 amide bonds. The minimum absolute atomic E-state index is 0.00688. The molecule has 1 unspecified atom stereocenters. The van der Waals surface area contributed by atoms with Crippen LogP contribution in [0.2, 0.25) is 0 Å². The Hall–Kier alpha value is -1.43. The molecule has 0 saturated heterocycles. The molecule has 0 bridgehead atoms. The summed E-state index contributed by atoms with van der Waals surface area (Å²) in [5.41, 5.74) is 0. The van der Waals surface area contributed by atoms with Crippen molar-refractivity contribution in [1.29, 1.82) is 0 Å². The lowest BCUT2D eigenvalue weighted by atomic mass is 10.2. The molecule has 0 radical (unpaired) electrons.